The molecule has 1 aliphatic heterocycles. The summed E-state index contributed by atoms with van der Waals surface area (Å²) in [6, 6.07) is 13.9. The molecule has 1 aromatic heterocycles. The Kier molecular flexibility index (Phi) is 9.64. The molecular formula is C30H37FN6O3. The van der Waals surface area contributed by atoms with Crippen LogP contribution in [0, 0.1) is 12.0 Å². The molecule has 1 aliphatic rings. The smallest absolute Gasteiger partial charge is 0.253 e. The molecular weight excluding hydrogens is 511 g/mol. The van der Waals surface area contributed by atoms with Gasteiger partial charge < -0.3 is 29.9 Å². The molecule has 10 heteroatoms. The van der Waals surface area contributed by atoms with Crippen LogP contribution in [0.5, 0.6) is 5.75 Å². The largest absolute Gasteiger partial charge is 0.495 e. The third kappa shape index (κ3) is 6.55. The van der Waals surface area contributed by atoms with Crippen LogP contribution in [0.2, 0.25) is 0 Å². The summed E-state index contributed by atoms with van der Waals surface area (Å²) < 4.78 is 26.8. The van der Waals surface area contributed by atoms with E-state index in [1.807, 2.05) is 30.1 Å². The molecule has 212 valence electrons. The molecule has 0 aliphatic carbocycles. The summed E-state index contributed by atoms with van der Waals surface area (Å²) in [7, 11) is 6.83. The zero-order valence-electron chi connectivity index (χ0n) is 23.5. The van der Waals surface area contributed by atoms with Crippen LogP contribution in [-0.2, 0) is 4.74 Å². The number of methoxy groups -OCH3 is 2. The van der Waals surface area contributed by atoms with Crippen molar-refractivity contribution in [1.82, 2.24) is 19.6 Å². The highest BCUT2D eigenvalue weighted by Crippen LogP contribution is 2.29. The van der Waals surface area contributed by atoms with Gasteiger partial charge in [0.1, 0.15) is 17.4 Å². The number of hydrogen-bond acceptors (Lipinski definition) is 7. The molecule has 2 N–H and O–H groups in total. The van der Waals surface area contributed by atoms with E-state index in [-0.39, 0.29) is 11.9 Å². The van der Waals surface area contributed by atoms with E-state index >= 15 is 0 Å². The third-order valence-corrected chi connectivity index (χ3v) is 7.00. The van der Waals surface area contributed by atoms with E-state index in [0.29, 0.717) is 43.2 Å². The van der Waals surface area contributed by atoms with E-state index in [2.05, 4.69) is 29.2 Å². The first-order chi connectivity index (χ1) is 19.4. The fourth-order valence-electron chi connectivity index (χ4n) is 4.72. The molecule has 2 atom stereocenters. The summed E-state index contributed by atoms with van der Waals surface area (Å²) >= 11 is 0. The lowest BCUT2D eigenvalue weighted by molar-refractivity contribution is 0.0744. The number of fused-ring (bicyclic) bond motifs is 1. The van der Waals surface area contributed by atoms with Crippen LogP contribution >= 0.6 is 0 Å². The van der Waals surface area contributed by atoms with E-state index < -0.39 is 6.17 Å². The Morgan fingerprint density at radius 2 is 2.12 bits per heavy atom. The van der Waals surface area contributed by atoms with Crippen LogP contribution < -0.4 is 15.4 Å². The van der Waals surface area contributed by atoms with Gasteiger partial charge in [-0.25, -0.2) is 4.39 Å². The number of halogens is 1. The minimum Gasteiger partial charge on any atom is -0.495 e. The van der Waals surface area contributed by atoms with E-state index in [0.717, 1.165) is 35.2 Å². The Bertz CT molecular complexity index is 1410. The highest BCUT2D eigenvalue weighted by atomic mass is 19.1. The quantitative estimate of drug-likeness (QED) is 0.373. The molecule has 0 saturated carbocycles. The molecule has 0 unspecified atom stereocenters. The molecule has 1 fully saturated rings. The maximum absolute atomic E-state index is 14.7. The zero-order chi connectivity index (χ0) is 28.6. The molecule has 40 heavy (non-hydrogen) atoms. The molecule has 0 radical (unpaired) electrons. The van der Waals surface area contributed by atoms with Crippen molar-refractivity contribution in [3.05, 3.63) is 54.2 Å². The first-order valence-electron chi connectivity index (χ1n) is 13.2. The second-order valence-corrected chi connectivity index (χ2v) is 9.80. The molecule has 2 aromatic carbocycles. The minimum absolute atomic E-state index is 0.115. The van der Waals surface area contributed by atoms with Crippen LogP contribution in [0.3, 0.4) is 0 Å². The minimum atomic E-state index is -0.957. The lowest BCUT2D eigenvalue weighted by Crippen LogP contribution is -2.46. The lowest BCUT2D eigenvalue weighted by atomic mass is 10.0. The summed E-state index contributed by atoms with van der Waals surface area (Å²) in [4.78, 5) is 16.3. The molecule has 9 nitrogen and oxygen atoms in total. The summed E-state index contributed by atoms with van der Waals surface area (Å²) in [5.41, 5.74) is 3.51. The second-order valence-electron chi connectivity index (χ2n) is 9.80. The first kappa shape index (κ1) is 28.9. The number of anilines is 2. The van der Waals surface area contributed by atoms with E-state index in [1.165, 1.54) is 0 Å². The van der Waals surface area contributed by atoms with Crippen molar-refractivity contribution in [3.63, 3.8) is 0 Å². The van der Waals surface area contributed by atoms with Gasteiger partial charge in [0.25, 0.3) is 5.91 Å². The van der Waals surface area contributed by atoms with Crippen LogP contribution in [0.15, 0.2) is 43.0 Å². The van der Waals surface area contributed by atoms with Crippen LogP contribution in [-0.4, -0.2) is 98.8 Å². The summed E-state index contributed by atoms with van der Waals surface area (Å²) in [5.74, 6) is 3.52. The summed E-state index contributed by atoms with van der Waals surface area (Å²) in [6.45, 7) is 6.47. The topological polar surface area (TPSA) is 83.9 Å². The van der Waals surface area contributed by atoms with Crippen molar-refractivity contribution in [1.29, 1.82) is 0 Å². The average molecular weight is 549 g/mol. The number of alkyl halides is 1. The molecule has 3 aromatic rings. The predicted octanol–water partition coefficient (Wildman–Crippen LogP) is 3.78. The van der Waals surface area contributed by atoms with E-state index in [1.54, 1.807) is 55.1 Å². The number of nitrogens with zero attached hydrogens (tertiary/aromatic N) is 4. The molecule has 2 heterocycles. The number of likely N-dealkylation sites (tertiary alicyclic amines) is 1. The molecule has 0 bridgehead atoms. The number of ether oxygens (including phenoxy) is 2. The average Bonchev–Trinajstić information content (AvgIpc) is 3.33. The van der Waals surface area contributed by atoms with Crippen molar-refractivity contribution in [2.75, 3.05) is 71.7 Å². The number of piperidine rings is 1. The van der Waals surface area contributed by atoms with Crippen molar-refractivity contribution in [3.8, 4) is 17.7 Å². The van der Waals surface area contributed by atoms with Gasteiger partial charge in [-0.3, -0.25) is 4.79 Å². The Morgan fingerprint density at radius 1 is 1.30 bits per heavy atom. The predicted molar refractivity (Wildman–Crippen MR) is 158 cm³/mol. The molecule has 4 rings (SSSR count). The zero-order valence-corrected chi connectivity index (χ0v) is 23.5. The Balaban J connectivity index is 1.48. The maximum Gasteiger partial charge on any atom is 0.253 e. The van der Waals surface area contributed by atoms with Crippen LogP contribution in [0.25, 0.3) is 17.0 Å². The lowest BCUT2D eigenvalue weighted by Gasteiger charge is -2.33. The highest BCUT2D eigenvalue weighted by molar-refractivity contribution is 5.96. The van der Waals surface area contributed by atoms with Crippen LogP contribution in [0.1, 0.15) is 22.5 Å². The van der Waals surface area contributed by atoms with Gasteiger partial charge >= 0.3 is 0 Å². The number of carbonyl (C=O) groups is 1. The summed E-state index contributed by atoms with van der Waals surface area (Å²) in [6.07, 6.45) is 1.48. The van der Waals surface area contributed by atoms with Gasteiger partial charge in [-0.05, 0) is 43.8 Å². The fraction of sp³-hybridized carbons (Fsp3) is 0.400. The number of likely N-dealkylation sites (N-methyl/N-ethyl adjacent to an activating group) is 1. The Labute approximate surface area is 234 Å². The van der Waals surface area contributed by atoms with Crippen molar-refractivity contribution < 1.29 is 18.7 Å². The number of aromatic nitrogens is 2. The Morgan fingerprint density at radius 3 is 2.85 bits per heavy atom. The van der Waals surface area contributed by atoms with Crippen molar-refractivity contribution >= 4 is 34.3 Å². The molecule has 1 amide bonds. The molecule has 1 saturated heterocycles. The fourth-order valence-corrected chi connectivity index (χ4v) is 4.72. The maximum atomic E-state index is 14.7. The second kappa shape index (κ2) is 13.3. The summed E-state index contributed by atoms with van der Waals surface area (Å²) in [5, 5.41) is 12.2. The number of rotatable bonds is 10. The van der Waals surface area contributed by atoms with Gasteiger partial charge in [-0.2, -0.15) is 9.78 Å². The highest BCUT2D eigenvalue weighted by Gasteiger charge is 2.28. The van der Waals surface area contributed by atoms with Gasteiger partial charge in [0.15, 0.2) is 0 Å². The normalized spacial score (nSPS) is 17.1. The monoisotopic (exact) mass is 548 g/mol. The van der Waals surface area contributed by atoms with Gasteiger partial charge in [0.05, 0.1) is 43.4 Å². The number of benzene rings is 2. The van der Waals surface area contributed by atoms with Crippen molar-refractivity contribution in [2.24, 2.45) is 0 Å². The van der Waals surface area contributed by atoms with Crippen LogP contribution in [0.4, 0.5) is 15.8 Å². The van der Waals surface area contributed by atoms with E-state index in [9.17, 15) is 9.18 Å². The number of nitrogens with one attached hydrogen (secondary N) is 2. The standard InChI is InChI=1S/C30H37FN6O3/c1-6-27-22-9-7-10-26(33-24-13-16-35(2)20-23(24)31)29(22)34-37(27)15-8-14-32-25-12-11-21(19-28(25)40-5)30(38)36(3)17-18-39-4/h6-7,9-12,19,23-24,32-33H,1,13-14,16-18,20H2,2-5H3/t23-,24+/m0/s1. The number of carbonyl (C=O) groups excluding carboxylic acids is 1. The van der Waals surface area contributed by atoms with Gasteiger partial charge in [0.2, 0.25) is 0 Å². The SMILES string of the molecule is C=Cc1c2cccc(N[C@@H]3CCN(C)C[C@@H]3F)c2nn1C#CCNc1ccc(C(=O)N(C)CCOC)cc1OC. The van der Waals surface area contributed by atoms with Gasteiger partial charge in [-0.15, -0.1) is 0 Å². The molecule has 0 spiro atoms. The first-order valence-corrected chi connectivity index (χ1v) is 13.2. The van der Waals surface area contributed by atoms with E-state index in [4.69, 9.17) is 14.6 Å². The van der Waals surface area contributed by atoms with Gasteiger partial charge in [-0.1, -0.05) is 24.6 Å². The number of amides is 1. The third-order valence-electron chi connectivity index (χ3n) is 7.00. The Hall–Kier alpha value is -4.07. The van der Waals surface area contributed by atoms with Gasteiger partial charge in [0, 0.05) is 50.8 Å². The van der Waals surface area contributed by atoms with Crippen molar-refractivity contribution in [2.45, 2.75) is 18.6 Å². The number of hydrogen-bond donors (Lipinski definition) is 2.